The van der Waals surface area contributed by atoms with Crippen LogP contribution in [0.15, 0.2) is 17.0 Å². The second-order valence-corrected chi connectivity index (χ2v) is 8.84. The third-order valence-electron chi connectivity index (χ3n) is 4.13. The van der Waals surface area contributed by atoms with Gasteiger partial charge in [0, 0.05) is 0 Å². The van der Waals surface area contributed by atoms with Crippen LogP contribution in [0, 0.1) is 0 Å². The standard InChI is InChI=1S/C18H29NO5S/c1-10(2)13-7-14(11(3)4)17(15(8-13)12(5)6)25(23,24)19-16(9-20)18(21)22/h7-8,10-12,16,19-20H,9H2,1-6H3,(H,21,22)/t16-/m0/s1. The number of benzene rings is 1. The van der Waals surface area contributed by atoms with Crippen molar-refractivity contribution in [1.29, 1.82) is 0 Å². The molecule has 0 spiro atoms. The molecule has 0 aromatic heterocycles. The second-order valence-electron chi connectivity index (χ2n) is 7.19. The molecule has 1 atom stereocenters. The van der Waals surface area contributed by atoms with Gasteiger partial charge in [0.2, 0.25) is 10.0 Å². The van der Waals surface area contributed by atoms with Crippen molar-refractivity contribution in [3.63, 3.8) is 0 Å². The first-order chi connectivity index (χ1) is 11.4. The fraction of sp³-hybridized carbons (Fsp3) is 0.611. The van der Waals surface area contributed by atoms with E-state index in [9.17, 15) is 18.3 Å². The number of hydrogen-bond acceptors (Lipinski definition) is 4. The number of carboxylic acid groups (broad SMARTS) is 1. The van der Waals surface area contributed by atoms with E-state index in [4.69, 9.17) is 5.11 Å². The van der Waals surface area contributed by atoms with E-state index in [0.29, 0.717) is 11.1 Å². The summed E-state index contributed by atoms with van der Waals surface area (Å²) in [6.45, 7) is 10.9. The minimum absolute atomic E-state index is 0.0554. The minimum atomic E-state index is -4.10. The van der Waals surface area contributed by atoms with Crippen LogP contribution < -0.4 is 4.72 Å². The van der Waals surface area contributed by atoms with Gasteiger partial charge < -0.3 is 10.2 Å². The van der Waals surface area contributed by atoms with Gasteiger partial charge in [-0.05, 0) is 34.4 Å². The zero-order valence-corrected chi connectivity index (χ0v) is 16.5. The van der Waals surface area contributed by atoms with Gasteiger partial charge in [-0.3, -0.25) is 4.79 Å². The molecule has 7 heteroatoms. The summed E-state index contributed by atoms with van der Waals surface area (Å²) >= 11 is 0. The number of rotatable bonds is 8. The first-order valence-electron chi connectivity index (χ1n) is 8.46. The van der Waals surface area contributed by atoms with Gasteiger partial charge in [-0.2, -0.15) is 4.72 Å². The zero-order valence-electron chi connectivity index (χ0n) is 15.7. The number of aliphatic carboxylic acids is 1. The summed E-state index contributed by atoms with van der Waals surface area (Å²) in [5, 5.41) is 18.2. The highest BCUT2D eigenvalue weighted by Crippen LogP contribution is 2.35. The Morgan fingerprint density at radius 2 is 1.44 bits per heavy atom. The van der Waals surface area contributed by atoms with Crippen molar-refractivity contribution in [2.24, 2.45) is 0 Å². The van der Waals surface area contributed by atoms with E-state index in [2.05, 4.69) is 4.72 Å². The van der Waals surface area contributed by atoms with Gasteiger partial charge in [0.1, 0.15) is 6.04 Å². The lowest BCUT2D eigenvalue weighted by Gasteiger charge is -2.23. The van der Waals surface area contributed by atoms with Crippen molar-refractivity contribution in [3.8, 4) is 0 Å². The van der Waals surface area contributed by atoms with Crippen LogP contribution in [0.4, 0.5) is 0 Å². The van der Waals surface area contributed by atoms with Crippen molar-refractivity contribution in [1.82, 2.24) is 4.72 Å². The molecule has 6 nitrogen and oxygen atoms in total. The van der Waals surface area contributed by atoms with E-state index in [1.54, 1.807) is 0 Å². The van der Waals surface area contributed by atoms with Crippen molar-refractivity contribution in [2.45, 2.75) is 70.2 Å². The maximum absolute atomic E-state index is 13.0. The molecule has 0 aliphatic rings. The lowest BCUT2D eigenvalue weighted by atomic mass is 9.89. The Morgan fingerprint density at radius 1 is 1.00 bits per heavy atom. The van der Waals surface area contributed by atoms with E-state index in [1.807, 2.05) is 53.7 Å². The van der Waals surface area contributed by atoms with E-state index < -0.39 is 28.6 Å². The van der Waals surface area contributed by atoms with Gasteiger partial charge in [-0.25, -0.2) is 8.42 Å². The fourth-order valence-electron chi connectivity index (χ4n) is 2.61. The summed E-state index contributed by atoms with van der Waals surface area (Å²) in [5.74, 6) is -1.29. The molecule has 0 fully saturated rings. The number of carbonyl (C=O) groups is 1. The quantitative estimate of drug-likeness (QED) is 0.652. The molecule has 0 heterocycles. The molecule has 1 rings (SSSR count). The largest absolute Gasteiger partial charge is 0.480 e. The summed E-state index contributed by atoms with van der Waals surface area (Å²) in [5.41, 5.74) is 2.36. The number of carboxylic acids is 1. The van der Waals surface area contributed by atoms with E-state index in [0.717, 1.165) is 5.56 Å². The Bertz CT molecular complexity index is 694. The van der Waals surface area contributed by atoms with Crippen LogP contribution in [-0.2, 0) is 14.8 Å². The van der Waals surface area contributed by atoms with E-state index in [1.165, 1.54) is 0 Å². The summed E-state index contributed by atoms with van der Waals surface area (Å²) in [6, 6.07) is 2.18. The smallest absolute Gasteiger partial charge is 0.324 e. The summed E-state index contributed by atoms with van der Waals surface area (Å²) < 4.78 is 28.0. The molecule has 0 aliphatic heterocycles. The Morgan fingerprint density at radius 3 is 1.72 bits per heavy atom. The number of hydrogen-bond donors (Lipinski definition) is 3. The lowest BCUT2D eigenvalue weighted by Crippen LogP contribution is -2.43. The minimum Gasteiger partial charge on any atom is -0.480 e. The van der Waals surface area contributed by atoms with Gasteiger partial charge in [-0.15, -0.1) is 0 Å². The molecule has 0 bridgehead atoms. The van der Waals surface area contributed by atoms with Crippen LogP contribution >= 0.6 is 0 Å². The Kier molecular flexibility index (Phi) is 7.17. The molecule has 0 saturated heterocycles. The van der Waals surface area contributed by atoms with E-state index in [-0.39, 0.29) is 22.6 Å². The number of aliphatic hydroxyl groups excluding tert-OH is 1. The number of aliphatic hydroxyl groups is 1. The third kappa shape index (κ3) is 5.03. The Hall–Kier alpha value is -1.44. The van der Waals surface area contributed by atoms with Gasteiger partial charge in [0.05, 0.1) is 11.5 Å². The SMILES string of the molecule is CC(C)c1cc(C(C)C)c(S(=O)(=O)N[C@@H](CO)C(=O)O)c(C(C)C)c1. The average Bonchev–Trinajstić information content (AvgIpc) is 2.50. The molecule has 0 aliphatic carbocycles. The van der Waals surface area contributed by atoms with Crippen molar-refractivity contribution in [2.75, 3.05) is 6.61 Å². The molecular weight excluding hydrogens is 342 g/mol. The zero-order chi connectivity index (χ0) is 19.5. The molecular formula is C18H29NO5S. The summed E-state index contributed by atoms with van der Waals surface area (Å²) in [4.78, 5) is 11.3. The number of nitrogens with one attached hydrogen (secondary N) is 1. The van der Waals surface area contributed by atoms with Gasteiger partial charge in [0.25, 0.3) is 0 Å². The normalized spacial score (nSPS) is 13.7. The van der Waals surface area contributed by atoms with Gasteiger partial charge in [0.15, 0.2) is 0 Å². The average molecular weight is 371 g/mol. The highest BCUT2D eigenvalue weighted by atomic mass is 32.2. The predicted molar refractivity (Wildman–Crippen MR) is 97.5 cm³/mol. The lowest BCUT2D eigenvalue weighted by molar-refractivity contribution is -0.139. The Labute approximate surface area is 150 Å². The van der Waals surface area contributed by atoms with Crippen LogP contribution in [0.25, 0.3) is 0 Å². The maximum atomic E-state index is 13.0. The fourth-order valence-corrected chi connectivity index (χ4v) is 4.49. The second kappa shape index (κ2) is 8.29. The highest BCUT2D eigenvalue weighted by Gasteiger charge is 2.30. The van der Waals surface area contributed by atoms with Crippen molar-refractivity contribution in [3.05, 3.63) is 28.8 Å². The summed E-state index contributed by atoms with van der Waals surface area (Å²) in [6.07, 6.45) is 0. The van der Waals surface area contributed by atoms with E-state index >= 15 is 0 Å². The molecule has 25 heavy (non-hydrogen) atoms. The Balaban J connectivity index is 3.68. The first-order valence-corrected chi connectivity index (χ1v) is 9.94. The first kappa shape index (κ1) is 21.6. The van der Waals surface area contributed by atoms with Crippen LogP contribution in [0.1, 0.15) is 76.0 Å². The topological polar surface area (TPSA) is 104 Å². The monoisotopic (exact) mass is 371 g/mol. The van der Waals surface area contributed by atoms with Crippen LogP contribution in [0.5, 0.6) is 0 Å². The summed E-state index contributed by atoms with van der Waals surface area (Å²) in [7, 11) is -4.10. The molecule has 3 N–H and O–H groups in total. The van der Waals surface area contributed by atoms with Gasteiger partial charge >= 0.3 is 5.97 Å². The highest BCUT2D eigenvalue weighted by molar-refractivity contribution is 7.89. The molecule has 0 saturated carbocycles. The molecule has 1 aromatic rings. The molecule has 142 valence electrons. The van der Waals surface area contributed by atoms with Crippen LogP contribution in [0.2, 0.25) is 0 Å². The number of sulfonamides is 1. The maximum Gasteiger partial charge on any atom is 0.324 e. The third-order valence-corrected chi connectivity index (χ3v) is 5.73. The molecule has 0 amide bonds. The van der Waals surface area contributed by atoms with Crippen molar-refractivity contribution < 1.29 is 23.4 Å². The van der Waals surface area contributed by atoms with Crippen molar-refractivity contribution >= 4 is 16.0 Å². The van der Waals surface area contributed by atoms with Crippen LogP contribution in [0.3, 0.4) is 0 Å². The molecule has 0 radical (unpaired) electrons. The van der Waals surface area contributed by atoms with Crippen LogP contribution in [-0.4, -0.2) is 37.2 Å². The van der Waals surface area contributed by atoms with Gasteiger partial charge in [-0.1, -0.05) is 53.7 Å². The molecule has 1 aromatic carbocycles. The molecule has 0 unspecified atom stereocenters. The predicted octanol–water partition coefficient (Wildman–Crippen LogP) is 2.78.